The fourth-order valence-corrected chi connectivity index (χ4v) is 2.88. The summed E-state index contributed by atoms with van der Waals surface area (Å²) >= 11 is 4.93. The van der Waals surface area contributed by atoms with E-state index < -0.39 is 6.10 Å². The van der Waals surface area contributed by atoms with E-state index in [9.17, 15) is 5.11 Å². The Morgan fingerprint density at radius 1 is 1.50 bits per heavy atom. The van der Waals surface area contributed by atoms with Crippen LogP contribution in [0.25, 0.3) is 0 Å². The van der Waals surface area contributed by atoms with E-state index in [1.807, 2.05) is 23.6 Å². The lowest BCUT2D eigenvalue weighted by atomic mass is 10.2. The molecule has 1 atom stereocenters. The molecule has 2 nitrogen and oxygen atoms in total. The van der Waals surface area contributed by atoms with Crippen molar-refractivity contribution in [3.05, 3.63) is 45.0 Å². The maximum atomic E-state index is 9.88. The predicted molar refractivity (Wildman–Crippen MR) is 59.4 cm³/mol. The molecule has 0 fully saturated rings. The predicted octanol–water partition coefficient (Wildman–Crippen LogP) is 3.38. The Bertz CT molecular complexity index is 394. The van der Waals surface area contributed by atoms with Gasteiger partial charge in [0.2, 0.25) is 0 Å². The van der Waals surface area contributed by atoms with Gasteiger partial charge in [-0.05, 0) is 39.5 Å². The Labute approximate surface area is 94.3 Å². The van der Waals surface area contributed by atoms with Crippen molar-refractivity contribution in [3.63, 3.8) is 0 Å². The molecule has 0 radical (unpaired) electrons. The summed E-state index contributed by atoms with van der Waals surface area (Å²) in [6.45, 7) is 0. The lowest BCUT2D eigenvalue weighted by Crippen LogP contribution is -1.98. The van der Waals surface area contributed by atoms with E-state index in [0.717, 1.165) is 15.1 Å². The van der Waals surface area contributed by atoms with Crippen molar-refractivity contribution in [2.45, 2.75) is 12.5 Å². The van der Waals surface area contributed by atoms with Gasteiger partial charge in [-0.25, -0.2) is 0 Å². The lowest BCUT2D eigenvalue weighted by molar-refractivity contribution is 0.173. The largest absolute Gasteiger partial charge is 0.469 e. The van der Waals surface area contributed by atoms with Crippen molar-refractivity contribution >= 4 is 27.3 Å². The van der Waals surface area contributed by atoms with Crippen LogP contribution in [-0.2, 0) is 6.42 Å². The van der Waals surface area contributed by atoms with Crippen molar-refractivity contribution in [2.24, 2.45) is 0 Å². The van der Waals surface area contributed by atoms with Crippen molar-refractivity contribution in [2.75, 3.05) is 0 Å². The molecule has 2 heterocycles. The summed E-state index contributed by atoms with van der Waals surface area (Å²) in [4.78, 5) is 0.946. The van der Waals surface area contributed by atoms with E-state index in [4.69, 9.17) is 4.42 Å². The third-order valence-electron chi connectivity index (χ3n) is 1.92. The minimum Gasteiger partial charge on any atom is -0.469 e. The first kappa shape index (κ1) is 9.96. The van der Waals surface area contributed by atoms with E-state index in [1.165, 1.54) is 0 Å². The SMILES string of the molecule is OC(Cc1ccco1)c1sccc1Br. The maximum Gasteiger partial charge on any atom is 0.106 e. The number of halogens is 1. The average Bonchev–Trinajstić information content (AvgIpc) is 2.75. The molecule has 0 saturated heterocycles. The maximum absolute atomic E-state index is 9.88. The highest BCUT2D eigenvalue weighted by Crippen LogP contribution is 2.30. The van der Waals surface area contributed by atoms with Gasteiger partial charge in [0.15, 0.2) is 0 Å². The second kappa shape index (κ2) is 4.29. The molecule has 0 saturated carbocycles. The number of furan rings is 1. The lowest BCUT2D eigenvalue weighted by Gasteiger charge is -2.06. The van der Waals surface area contributed by atoms with Crippen LogP contribution in [0, 0.1) is 0 Å². The molecule has 1 N–H and O–H groups in total. The van der Waals surface area contributed by atoms with Gasteiger partial charge in [-0.3, -0.25) is 0 Å². The molecule has 74 valence electrons. The van der Waals surface area contributed by atoms with E-state index in [0.29, 0.717) is 6.42 Å². The van der Waals surface area contributed by atoms with Gasteiger partial charge in [0.25, 0.3) is 0 Å². The van der Waals surface area contributed by atoms with Crippen LogP contribution in [-0.4, -0.2) is 5.11 Å². The first-order chi connectivity index (χ1) is 6.77. The number of hydrogen-bond acceptors (Lipinski definition) is 3. The van der Waals surface area contributed by atoms with Crippen LogP contribution >= 0.6 is 27.3 Å². The third-order valence-corrected chi connectivity index (χ3v) is 3.89. The molecule has 0 aliphatic rings. The van der Waals surface area contributed by atoms with E-state index >= 15 is 0 Å². The summed E-state index contributed by atoms with van der Waals surface area (Å²) in [5.74, 6) is 0.804. The van der Waals surface area contributed by atoms with E-state index in [-0.39, 0.29) is 0 Å². The highest BCUT2D eigenvalue weighted by Gasteiger charge is 2.14. The Hall–Kier alpha value is -0.580. The highest BCUT2D eigenvalue weighted by atomic mass is 79.9. The van der Waals surface area contributed by atoms with Gasteiger partial charge in [-0.15, -0.1) is 11.3 Å². The standard InChI is InChI=1S/C10H9BrO2S/c11-8-3-5-14-10(8)9(12)6-7-2-1-4-13-7/h1-5,9,12H,6H2. The molecular weight excluding hydrogens is 264 g/mol. The second-order valence-corrected chi connectivity index (χ2v) is 4.73. The summed E-state index contributed by atoms with van der Waals surface area (Å²) < 4.78 is 6.13. The van der Waals surface area contributed by atoms with Crippen LogP contribution in [0.15, 0.2) is 38.7 Å². The quantitative estimate of drug-likeness (QED) is 0.930. The normalized spacial score (nSPS) is 13.0. The molecule has 14 heavy (non-hydrogen) atoms. The van der Waals surface area contributed by atoms with Crippen LogP contribution in [0.2, 0.25) is 0 Å². The van der Waals surface area contributed by atoms with Crippen LogP contribution < -0.4 is 0 Å². The van der Waals surface area contributed by atoms with Gasteiger partial charge in [0.05, 0.1) is 12.4 Å². The molecule has 0 aliphatic carbocycles. The zero-order valence-electron chi connectivity index (χ0n) is 7.31. The molecule has 4 heteroatoms. The molecular formula is C10H9BrO2S. The van der Waals surface area contributed by atoms with Crippen molar-refractivity contribution in [1.29, 1.82) is 0 Å². The van der Waals surface area contributed by atoms with Crippen LogP contribution in [0.3, 0.4) is 0 Å². The molecule has 2 aromatic heterocycles. The fraction of sp³-hybridized carbons (Fsp3) is 0.200. The number of aliphatic hydroxyl groups excluding tert-OH is 1. The Morgan fingerprint density at radius 3 is 2.93 bits per heavy atom. The highest BCUT2D eigenvalue weighted by molar-refractivity contribution is 9.10. The third kappa shape index (κ3) is 2.08. The number of hydrogen-bond donors (Lipinski definition) is 1. The zero-order chi connectivity index (χ0) is 9.97. The average molecular weight is 273 g/mol. The summed E-state index contributed by atoms with van der Waals surface area (Å²) in [7, 11) is 0. The molecule has 1 unspecified atom stereocenters. The van der Waals surface area contributed by atoms with E-state index in [1.54, 1.807) is 17.6 Å². The minimum atomic E-state index is -0.490. The fourth-order valence-electron chi connectivity index (χ4n) is 1.26. The summed E-state index contributed by atoms with van der Waals surface area (Å²) in [6, 6.07) is 5.63. The van der Waals surface area contributed by atoms with Crippen LogP contribution in [0.4, 0.5) is 0 Å². The summed E-state index contributed by atoms with van der Waals surface area (Å²) in [5.41, 5.74) is 0. The Balaban J connectivity index is 2.10. The van der Waals surface area contributed by atoms with Gasteiger partial charge in [0.1, 0.15) is 5.76 Å². The summed E-state index contributed by atoms with van der Waals surface area (Å²) in [6.07, 6.45) is 1.65. The molecule has 2 rings (SSSR count). The number of rotatable bonds is 3. The zero-order valence-corrected chi connectivity index (χ0v) is 9.72. The van der Waals surface area contributed by atoms with Crippen LogP contribution in [0.1, 0.15) is 16.7 Å². The molecule has 0 bridgehead atoms. The monoisotopic (exact) mass is 272 g/mol. The van der Waals surface area contributed by atoms with E-state index in [2.05, 4.69) is 15.9 Å². The van der Waals surface area contributed by atoms with Gasteiger partial charge in [0, 0.05) is 15.8 Å². The summed E-state index contributed by atoms with van der Waals surface area (Å²) in [5, 5.41) is 11.8. The van der Waals surface area contributed by atoms with Crippen molar-refractivity contribution in [1.82, 2.24) is 0 Å². The molecule has 0 aromatic carbocycles. The second-order valence-electron chi connectivity index (χ2n) is 2.93. The Morgan fingerprint density at radius 2 is 2.36 bits per heavy atom. The topological polar surface area (TPSA) is 33.4 Å². The van der Waals surface area contributed by atoms with Crippen molar-refractivity contribution in [3.8, 4) is 0 Å². The first-order valence-corrected chi connectivity index (χ1v) is 5.88. The van der Waals surface area contributed by atoms with Gasteiger partial charge >= 0.3 is 0 Å². The minimum absolute atomic E-state index is 0.490. The molecule has 0 spiro atoms. The first-order valence-electron chi connectivity index (χ1n) is 4.20. The van der Waals surface area contributed by atoms with Crippen LogP contribution in [0.5, 0.6) is 0 Å². The Kier molecular flexibility index (Phi) is 3.05. The van der Waals surface area contributed by atoms with Gasteiger partial charge in [-0.2, -0.15) is 0 Å². The van der Waals surface area contributed by atoms with Gasteiger partial charge < -0.3 is 9.52 Å². The van der Waals surface area contributed by atoms with Crippen molar-refractivity contribution < 1.29 is 9.52 Å². The molecule has 0 amide bonds. The number of thiophene rings is 1. The molecule has 0 aliphatic heterocycles. The smallest absolute Gasteiger partial charge is 0.106 e. The van der Waals surface area contributed by atoms with Gasteiger partial charge in [-0.1, -0.05) is 0 Å². The number of aliphatic hydroxyl groups is 1. The molecule has 2 aromatic rings.